The normalized spacial score (nSPS) is 14.9. The first kappa shape index (κ1) is 20.6. The molecule has 0 unspecified atom stereocenters. The predicted molar refractivity (Wildman–Crippen MR) is 120 cm³/mol. The van der Waals surface area contributed by atoms with Crippen LogP contribution in [0.25, 0.3) is 21.3 Å². The van der Waals surface area contributed by atoms with Crippen molar-refractivity contribution in [1.82, 2.24) is 19.8 Å². The molecule has 1 fully saturated rings. The zero-order valence-electron chi connectivity index (χ0n) is 17.2. The average Bonchev–Trinajstić information content (AvgIpc) is 3.33. The maximum Gasteiger partial charge on any atom is 0.324 e. The van der Waals surface area contributed by atoms with Gasteiger partial charge in [0.05, 0.1) is 10.6 Å². The number of carbonyl (C=O) groups excluding carboxylic acids is 2. The number of thioether (sulfide) groups is 1. The van der Waals surface area contributed by atoms with Crippen molar-refractivity contribution in [1.29, 1.82) is 0 Å². The van der Waals surface area contributed by atoms with Crippen LogP contribution < -0.4 is 10.9 Å². The Kier molecular flexibility index (Phi) is 5.42. The largest absolute Gasteiger partial charge is 0.336 e. The summed E-state index contributed by atoms with van der Waals surface area (Å²) < 4.78 is 1.48. The summed E-state index contributed by atoms with van der Waals surface area (Å²) in [4.78, 5) is 44.1. The van der Waals surface area contributed by atoms with E-state index in [9.17, 15) is 14.4 Å². The molecule has 30 heavy (non-hydrogen) atoms. The van der Waals surface area contributed by atoms with Gasteiger partial charge in [-0.25, -0.2) is 9.78 Å². The number of hydrogen-bond donors (Lipinski definition) is 1. The topological polar surface area (TPSA) is 84.3 Å². The van der Waals surface area contributed by atoms with Crippen LogP contribution in [0.15, 0.2) is 33.5 Å². The maximum absolute atomic E-state index is 13.2. The van der Waals surface area contributed by atoms with E-state index in [0.717, 1.165) is 11.1 Å². The molecule has 1 atom stereocenters. The second-order valence-electron chi connectivity index (χ2n) is 7.37. The number of nitrogens with zero attached hydrogens (tertiary/aromatic N) is 3. The van der Waals surface area contributed by atoms with Gasteiger partial charge in [0.15, 0.2) is 5.16 Å². The van der Waals surface area contributed by atoms with Crippen molar-refractivity contribution >= 4 is 45.3 Å². The maximum atomic E-state index is 13.2. The first-order chi connectivity index (χ1) is 14.3. The molecule has 0 aliphatic carbocycles. The second-order valence-corrected chi connectivity index (χ2v) is 9.54. The van der Waals surface area contributed by atoms with Crippen LogP contribution in [0.3, 0.4) is 0 Å². The third kappa shape index (κ3) is 3.52. The van der Waals surface area contributed by atoms with Gasteiger partial charge in [-0.15, -0.1) is 11.3 Å². The van der Waals surface area contributed by atoms with Crippen LogP contribution in [0.2, 0.25) is 0 Å². The van der Waals surface area contributed by atoms with Gasteiger partial charge >= 0.3 is 6.03 Å². The van der Waals surface area contributed by atoms with Gasteiger partial charge in [-0.05, 0) is 37.5 Å². The highest BCUT2D eigenvalue weighted by atomic mass is 32.2. The highest BCUT2D eigenvalue weighted by Gasteiger charge is 2.31. The van der Waals surface area contributed by atoms with E-state index in [1.165, 1.54) is 43.7 Å². The van der Waals surface area contributed by atoms with Crippen LogP contribution in [-0.2, 0) is 11.8 Å². The minimum Gasteiger partial charge on any atom is -0.336 e. The molecule has 0 saturated carbocycles. The van der Waals surface area contributed by atoms with E-state index in [-0.39, 0.29) is 17.5 Å². The Morgan fingerprint density at radius 1 is 1.27 bits per heavy atom. The fraction of sp³-hybridized carbons (Fsp3) is 0.333. The molecule has 2 aromatic heterocycles. The molecule has 0 spiro atoms. The minimum absolute atomic E-state index is 0.143. The van der Waals surface area contributed by atoms with Gasteiger partial charge in [-0.3, -0.25) is 19.1 Å². The van der Waals surface area contributed by atoms with Gasteiger partial charge in [0, 0.05) is 31.1 Å². The number of aromatic nitrogens is 2. The lowest BCUT2D eigenvalue weighted by Crippen LogP contribution is -2.39. The number of thiophene rings is 1. The average molecular weight is 443 g/mol. The third-order valence-electron chi connectivity index (χ3n) is 5.34. The molecule has 1 saturated heterocycles. The summed E-state index contributed by atoms with van der Waals surface area (Å²) in [6.07, 6.45) is 0. The van der Waals surface area contributed by atoms with Gasteiger partial charge in [-0.2, -0.15) is 0 Å². The summed E-state index contributed by atoms with van der Waals surface area (Å²) in [6, 6.07) is 5.79. The van der Waals surface area contributed by atoms with Crippen molar-refractivity contribution in [2.24, 2.45) is 7.05 Å². The van der Waals surface area contributed by atoms with E-state index in [1.54, 1.807) is 14.0 Å². The molecule has 0 radical (unpaired) electrons. The Bertz CT molecular complexity index is 1230. The Balaban J connectivity index is 1.69. The van der Waals surface area contributed by atoms with Gasteiger partial charge < -0.3 is 5.32 Å². The first-order valence-corrected chi connectivity index (χ1v) is 11.4. The van der Waals surface area contributed by atoms with E-state index in [0.29, 0.717) is 28.5 Å². The zero-order valence-corrected chi connectivity index (χ0v) is 18.8. The summed E-state index contributed by atoms with van der Waals surface area (Å²) in [5.74, 6) is -0.286. The molecule has 7 nitrogen and oxygen atoms in total. The number of benzene rings is 1. The molecule has 4 rings (SSSR count). The fourth-order valence-electron chi connectivity index (χ4n) is 3.39. The monoisotopic (exact) mass is 442 g/mol. The summed E-state index contributed by atoms with van der Waals surface area (Å²) in [5, 5.41) is 5.10. The summed E-state index contributed by atoms with van der Waals surface area (Å²) in [7, 11) is 1.67. The molecular weight excluding hydrogens is 420 g/mol. The van der Waals surface area contributed by atoms with E-state index in [4.69, 9.17) is 0 Å². The summed E-state index contributed by atoms with van der Waals surface area (Å²) in [5.41, 5.74) is 4.10. The van der Waals surface area contributed by atoms with Crippen LogP contribution in [0.5, 0.6) is 0 Å². The quantitative estimate of drug-likeness (QED) is 0.495. The van der Waals surface area contributed by atoms with Crippen molar-refractivity contribution in [2.45, 2.75) is 31.2 Å². The predicted octanol–water partition coefficient (Wildman–Crippen LogP) is 3.31. The van der Waals surface area contributed by atoms with Gasteiger partial charge in [0.1, 0.15) is 4.83 Å². The van der Waals surface area contributed by atoms with Gasteiger partial charge in [-0.1, -0.05) is 30.0 Å². The van der Waals surface area contributed by atoms with Crippen LogP contribution in [0.4, 0.5) is 4.79 Å². The summed E-state index contributed by atoms with van der Waals surface area (Å²) in [6.45, 7) is 6.66. The molecule has 1 aliphatic heterocycles. The lowest BCUT2D eigenvalue weighted by Gasteiger charge is -2.18. The Morgan fingerprint density at radius 3 is 2.70 bits per heavy atom. The fourth-order valence-corrected chi connectivity index (χ4v) is 5.31. The van der Waals surface area contributed by atoms with Crippen molar-refractivity contribution < 1.29 is 9.59 Å². The number of nitrogens with one attached hydrogen (secondary N) is 1. The van der Waals surface area contributed by atoms with Gasteiger partial charge in [0.2, 0.25) is 5.91 Å². The minimum atomic E-state index is -0.538. The van der Waals surface area contributed by atoms with Crippen molar-refractivity contribution in [3.63, 3.8) is 0 Å². The molecule has 3 aromatic rings. The molecule has 3 heterocycles. The number of hydrogen-bond acceptors (Lipinski definition) is 6. The van der Waals surface area contributed by atoms with E-state index < -0.39 is 5.25 Å². The van der Waals surface area contributed by atoms with E-state index >= 15 is 0 Å². The van der Waals surface area contributed by atoms with Crippen molar-refractivity contribution in [2.75, 3.05) is 13.1 Å². The highest BCUT2D eigenvalue weighted by Crippen LogP contribution is 2.33. The van der Waals surface area contributed by atoms with Crippen LogP contribution in [0, 0.1) is 13.8 Å². The molecule has 0 bridgehead atoms. The number of carbonyl (C=O) groups is 2. The second kappa shape index (κ2) is 7.88. The van der Waals surface area contributed by atoms with Gasteiger partial charge in [0.25, 0.3) is 5.56 Å². The smallest absolute Gasteiger partial charge is 0.324 e. The molecule has 1 N–H and O–H groups in total. The molecular formula is C21H22N4O3S2. The first-order valence-electron chi connectivity index (χ1n) is 9.59. The Hall–Kier alpha value is -2.65. The van der Waals surface area contributed by atoms with Crippen molar-refractivity contribution in [3.05, 3.63) is 45.1 Å². The Labute approximate surface area is 182 Å². The lowest BCUT2D eigenvalue weighted by atomic mass is 10.0. The number of imide groups is 1. The third-order valence-corrected chi connectivity index (χ3v) is 7.35. The number of fused-ring (bicyclic) bond motifs is 1. The van der Waals surface area contributed by atoms with E-state index in [1.807, 2.05) is 11.4 Å². The zero-order chi connectivity index (χ0) is 21.6. The standard InChI is InChI=1S/C21H22N4O3S2/c1-11-5-6-14(9-12(11)2)15-10-29-17-16(15)19(27)24(4)21(23-17)30-13(3)18(26)25-8-7-22-20(25)28/h5-6,9-10,13H,7-8H2,1-4H3,(H,22,28)/t13-/m1/s1. The summed E-state index contributed by atoms with van der Waals surface area (Å²) >= 11 is 2.61. The number of rotatable bonds is 4. The highest BCUT2D eigenvalue weighted by molar-refractivity contribution is 8.00. The van der Waals surface area contributed by atoms with Crippen molar-refractivity contribution in [3.8, 4) is 11.1 Å². The molecule has 1 aromatic carbocycles. The lowest BCUT2D eigenvalue weighted by molar-refractivity contribution is -0.126. The number of amides is 3. The molecule has 9 heteroatoms. The number of urea groups is 1. The van der Waals surface area contributed by atoms with Crippen LogP contribution in [0.1, 0.15) is 18.1 Å². The molecule has 156 valence electrons. The SMILES string of the molecule is Cc1ccc(-c2csc3nc(S[C@H](C)C(=O)N4CCNC4=O)n(C)c(=O)c23)cc1C. The number of aryl methyl sites for hydroxylation is 2. The van der Waals surface area contributed by atoms with E-state index in [2.05, 4.69) is 36.3 Å². The molecule has 1 aliphatic rings. The Morgan fingerprint density at radius 2 is 2.03 bits per heavy atom. The van der Waals surface area contributed by atoms with Crippen LogP contribution >= 0.6 is 23.1 Å². The van der Waals surface area contributed by atoms with Crippen LogP contribution in [-0.4, -0.2) is 44.7 Å². The molecule has 3 amide bonds.